The van der Waals surface area contributed by atoms with Crippen LogP contribution in [0.2, 0.25) is 0 Å². The molecule has 1 aliphatic carbocycles. The van der Waals surface area contributed by atoms with Gasteiger partial charge in [-0.05, 0) is 18.8 Å². The molecule has 0 spiro atoms. The molecule has 0 aromatic carbocycles. The zero-order valence-corrected chi connectivity index (χ0v) is 9.60. The van der Waals surface area contributed by atoms with Crippen molar-refractivity contribution in [3.05, 3.63) is 5.82 Å². The van der Waals surface area contributed by atoms with Crippen LogP contribution in [0.15, 0.2) is 0 Å². The highest BCUT2D eigenvalue weighted by Gasteiger charge is 2.22. The van der Waals surface area contributed by atoms with E-state index in [0.29, 0.717) is 5.92 Å². The number of aromatic nitrogens is 2. The van der Waals surface area contributed by atoms with Crippen LogP contribution in [-0.2, 0) is 0 Å². The van der Waals surface area contributed by atoms with Gasteiger partial charge in [0.15, 0.2) is 0 Å². The number of anilines is 1. The molecular weight excluding hydrogens is 194 g/mol. The van der Waals surface area contributed by atoms with Crippen molar-refractivity contribution < 1.29 is 0 Å². The monoisotopic (exact) mass is 211 g/mol. The lowest BCUT2D eigenvalue weighted by Gasteiger charge is -2.23. The first-order valence-electron chi connectivity index (χ1n) is 5.31. The molecule has 0 atom stereocenters. The molecule has 0 saturated heterocycles. The average Bonchev–Trinajstić information content (AvgIpc) is 2.67. The molecule has 2 rings (SSSR count). The normalized spacial score (nSPS) is 27.6. The molecule has 0 radical (unpaired) electrons. The van der Waals surface area contributed by atoms with Crippen molar-refractivity contribution in [3.63, 3.8) is 0 Å². The quantitative estimate of drug-likeness (QED) is 0.817. The van der Waals surface area contributed by atoms with Crippen LogP contribution in [0.4, 0.5) is 5.13 Å². The van der Waals surface area contributed by atoms with E-state index in [-0.39, 0.29) is 0 Å². The van der Waals surface area contributed by atoms with Crippen LogP contribution < -0.4 is 5.32 Å². The van der Waals surface area contributed by atoms with E-state index in [1.165, 1.54) is 37.2 Å². The van der Waals surface area contributed by atoms with E-state index in [0.717, 1.165) is 16.9 Å². The van der Waals surface area contributed by atoms with Crippen molar-refractivity contribution in [2.75, 3.05) is 12.4 Å². The zero-order chi connectivity index (χ0) is 9.97. The molecule has 78 valence electrons. The van der Waals surface area contributed by atoms with Crippen LogP contribution >= 0.6 is 11.5 Å². The number of nitrogens with zero attached hydrogens (tertiary/aromatic N) is 2. The Balaban J connectivity index is 2.01. The summed E-state index contributed by atoms with van der Waals surface area (Å²) in [7, 11) is 1.90. The fourth-order valence-electron chi connectivity index (χ4n) is 2.02. The van der Waals surface area contributed by atoms with E-state index < -0.39 is 0 Å². The maximum absolute atomic E-state index is 4.47. The third kappa shape index (κ3) is 2.05. The average molecular weight is 211 g/mol. The van der Waals surface area contributed by atoms with E-state index >= 15 is 0 Å². The summed E-state index contributed by atoms with van der Waals surface area (Å²) in [6, 6.07) is 0. The van der Waals surface area contributed by atoms with E-state index in [1.807, 2.05) is 7.05 Å². The van der Waals surface area contributed by atoms with E-state index in [1.54, 1.807) is 0 Å². The maximum Gasteiger partial charge on any atom is 0.202 e. The summed E-state index contributed by atoms with van der Waals surface area (Å²) in [6.45, 7) is 2.34. The Labute approximate surface area is 89.1 Å². The fraction of sp³-hybridized carbons (Fsp3) is 0.800. The minimum absolute atomic E-state index is 0.615. The summed E-state index contributed by atoms with van der Waals surface area (Å²) >= 11 is 1.47. The van der Waals surface area contributed by atoms with Gasteiger partial charge in [-0.25, -0.2) is 4.98 Å². The first kappa shape index (κ1) is 9.90. The van der Waals surface area contributed by atoms with Crippen LogP contribution in [0, 0.1) is 5.92 Å². The molecule has 0 amide bonds. The zero-order valence-electron chi connectivity index (χ0n) is 8.79. The predicted octanol–water partition coefficient (Wildman–Crippen LogP) is 2.87. The van der Waals surface area contributed by atoms with Crippen LogP contribution in [-0.4, -0.2) is 16.4 Å². The predicted molar refractivity (Wildman–Crippen MR) is 59.8 cm³/mol. The number of hydrogen-bond donors (Lipinski definition) is 1. The summed E-state index contributed by atoms with van der Waals surface area (Å²) in [5.41, 5.74) is 0. The SMILES string of the molecule is CNc1nc(C2CCC(C)CC2)ns1. The molecule has 4 heteroatoms. The third-order valence-electron chi connectivity index (χ3n) is 3.04. The third-order valence-corrected chi connectivity index (χ3v) is 3.78. The Hall–Kier alpha value is -0.640. The summed E-state index contributed by atoms with van der Waals surface area (Å²) < 4.78 is 4.40. The Morgan fingerprint density at radius 3 is 2.57 bits per heavy atom. The van der Waals surface area contributed by atoms with Crippen LogP contribution in [0.3, 0.4) is 0 Å². The van der Waals surface area contributed by atoms with Gasteiger partial charge in [-0.2, -0.15) is 4.37 Å². The van der Waals surface area contributed by atoms with Gasteiger partial charge in [-0.15, -0.1) is 0 Å². The van der Waals surface area contributed by atoms with Crippen molar-refractivity contribution >= 4 is 16.7 Å². The Bertz CT molecular complexity index is 289. The lowest BCUT2D eigenvalue weighted by molar-refractivity contribution is 0.341. The second-order valence-electron chi connectivity index (χ2n) is 4.16. The van der Waals surface area contributed by atoms with Crippen LogP contribution in [0.5, 0.6) is 0 Å². The van der Waals surface area contributed by atoms with Crippen molar-refractivity contribution in [1.29, 1.82) is 0 Å². The standard InChI is InChI=1S/C10H17N3S/c1-7-3-5-8(6-4-7)9-12-10(11-2)14-13-9/h7-8H,3-6H2,1-2H3,(H,11,12,13). The van der Waals surface area contributed by atoms with Crippen molar-refractivity contribution in [3.8, 4) is 0 Å². The Morgan fingerprint density at radius 2 is 2.00 bits per heavy atom. The first-order valence-corrected chi connectivity index (χ1v) is 6.08. The van der Waals surface area contributed by atoms with Crippen molar-refractivity contribution in [1.82, 2.24) is 9.36 Å². The van der Waals surface area contributed by atoms with Gasteiger partial charge in [0.25, 0.3) is 0 Å². The van der Waals surface area contributed by atoms with E-state index in [9.17, 15) is 0 Å². The molecule has 3 nitrogen and oxygen atoms in total. The lowest BCUT2D eigenvalue weighted by Crippen LogP contribution is -2.11. The number of nitrogens with one attached hydrogen (secondary N) is 1. The van der Waals surface area contributed by atoms with E-state index in [2.05, 4.69) is 21.6 Å². The molecule has 0 bridgehead atoms. The Kier molecular flexibility index (Phi) is 3.01. The second-order valence-corrected chi connectivity index (χ2v) is 4.92. The van der Waals surface area contributed by atoms with Gasteiger partial charge in [0.2, 0.25) is 5.13 Å². The first-order chi connectivity index (χ1) is 6.79. The molecule has 1 fully saturated rings. The molecule has 0 aliphatic heterocycles. The molecule has 1 aromatic rings. The Morgan fingerprint density at radius 1 is 1.29 bits per heavy atom. The highest BCUT2D eigenvalue weighted by molar-refractivity contribution is 7.09. The molecular formula is C10H17N3S. The number of hydrogen-bond acceptors (Lipinski definition) is 4. The molecule has 1 aromatic heterocycles. The van der Waals surface area contributed by atoms with Crippen LogP contribution in [0.25, 0.3) is 0 Å². The van der Waals surface area contributed by atoms with Gasteiger partial charge < -0.3 is 5.32 Å². The summed E-state index contributed by atoms with van der Waals surface area (Å²) in [4.78, 5) is 4.47. The van der Waals surface area contributed by atoms with Gasteiger partial charge in [0.05, 0.1) is 0 Å². The molecule has 1 heterocycles. The summed E-state index contributed by atoms with van der Waals surface area (Å²) in [5.74, 6) is 2.57. The van der Waals surface area contributed by atoms with Gasteiger partial charge in [-0.3, -0.25) is 0 Å². The topological polar surface area (TPSA) is 37.8 Å². The van der Waals surface area contributed by atoms with Gasteiger partial charge >= 0.3 is 0 Å². The minimum atomic E-state index is 0.615. The van der Waals surface area contributed by atoms with Crippen molar-refractivity contribution in [2.45, 2.75) is 38.5 Å². The molecule has 0 unspecified atom stereocenters. The minimum Gasteiger partial charge on any atom is -0.363 e. The van der Waals surface area contributed by atoms with Crippen LogP contribution in [0.1, 0.15) is 44.3 Å². The smallest absolute Gasteiger partial charge is 0.202 e. The molecule has 14 heavy (non-hydrogen) atoms. The second kappa shape index (κ2) is 4.26. The largest absolute Gasteiger partial charge is 0.363 e. The summed E-state index contributed by atoms with van der Waals surface area (Å²) in [5, 5.41) is 3.98. The molecule has 1 saturated carbocycles. The lowest BCUT2D eigenvalue weighted by atomic mass is 9.83. The van der Waals surface area contributed by atoms with Crippen molar-refractivity contribution in [2.24, 2.45) is 5.92 Å². The highest BCUT2D eigenvalue weighted by atomic mass is 32.1. The fourth-order valence-corrected chi connectivity index (χ4v) is 2.62. The summed E-state index contributed by atoms with van der Waals surface area (Å²) in [6.07, 6.45) is 5.19. The maximum atomic E-state index is 4.47. The molecule has 1 aliphatic rings. The highest BCUT2D eigenvalue weighted by Crippen LogP contribution is 2.34. The van der Waals surface area contributed by atoms with Gasteiger partial charge in [-0.1, -0.05) is 19.8 Å². The number of rotatable bonds is 2. The molecule has 1 N–H and O–H groups in total. The van der Waals surface area contributed by atoms with Gasteiger partial charge in [0.1, 0.15) is 5.82 Å². The van der Waals surface area contributed by atoms with Gasteiger partial charge in [0, 0.05) is 24.5 Å². The van der Waals surface area contributed by atoms with E-state index in [4.69, 9.17) is 0 Å².